The molecule has 1 saturated heterocycles. The fourth-order valence-corrected chi connectivity index (χ4v) is 3.99. The third-order valence-electron chi connectivity index (χ3n) is 3.52. The summed E-state index contributed by atoms with van der Waals surface area (Å²) in [5.41, 5.74) is 0.961. The fraction of sp³-hybridized carbons (Fsp3) is 0.500. The van der Waals surface area contributed by atoms with Crippen molar-refractivity contribution in [3.05, 3.63) is 29.8 Å². The molecule has 1 heterocycles. The Morgan fingerprint density at radius 3 is 2.76 bits per heavy atom. The van der Waals surface area contributed by atoms with E-state index in [1.807, 2.05) is 6.92 Å². The molecule has 7 heteroatoms. The van der Waals surface area contributed by atoms with E-state index in [0.29, 0.717) is 30.8 Å². The van der Waals surface area contributed by atoms with E-state index in [9.17, 15) is 13.2 Å². The monoisotopic (exact) mass is 312 g/mol. The predicted molar refractivity (Wildman–Crippen MR) is 80.9 cm³/mol. The van der Waals surface area contributed by atoms with Gasteiger partial charge in [-0.2, -0.15) is 0 Å². The number of anilines is 1. The zero-order valence-electron chi connectivity index (χ0n) is 12.0. The van der Waals surface area contributed by atoms with Crippen molar-refractivity contribution in [2.45, 2.75) is 13.3 Å². The summed E-state index contributed by atoms with van der Waals surface area (Å²) in [6, 6.07) is 6.64. The van der Waals surface area contributed by atoms with Crippen molar-refractivity contribution < 1.29 is 18.3 Å². The van der Waals surface area contributed by atoms with Crippen LogP contribution in [0.15, 0.2) is 24.3 Å². The van der Waals surface area contributed by atoms with Crippen molar-refractivity contribution in [1.82, 2.24) is 4.90 Å². The summed E-state index contributed by atoms with van der Waals surface area (Å²) >= 11 is 0. The molecule has 0 bridgehead atoms. The Morgan fingerprint density at radius 2 is 2.19 bits per heavy atom. The van der Waals surface area contributed by atoms with Gasteiger partial charge in [0.15, 0.2) is 0 Å². The van der Waals surface area contributed by atoms with Crippen LogP contribution in [0.5, 0.6) is 0 Å². The van der Waals surface area contributed by atoms with Gasteiger partial charge in [0.2, 0.25) is 10.0 Å². The Labute approximate surface area is 125 Å². The Bertz CT molecular complexity index is 615. The predicted octanol–water partition coefficient (Wildman–Crippen LogP) is 0.681. The summed E-state index contributed by atoms with van der Waals surface area (Å²) in [6.45, 7) is 2.95. The highest BCUT2D eigenvalue weighted by molar-refractivity contribution is 7.93. The third kappa shape index (κ3) is 3.36. The number of carbonyl (C=O) groups is 1. The normalized spacial score (nSPS) is 17.0. The van der Waals surface area contributed by atoms with Gasteiger partial charge < -0.3 is 10.0 Å². The van der Waals surface area contributed by atoms with Crippen LogP contribution >= 0.6 is 0 Å². The van der Waals surface area contributed by atoms with E-state index in [1.165, 1.54) is 9.21 Å². The average Bonchev–Trinajstić information content (AvgIpc) is 2.83. The van der Waals surface area contributed by atoms with Crippen LogP contribution in [0, 0.1) is 0 Å². The van der Waals surface area contributed by atoms with E-state index in [0.717, 1.165) is 0 Å². The number of benzene rings is 1. The van der Waals surface area contributed by atoms with Crippen LogP contribution in [0.1, 0.15) is 23.7 Å². The summed E-state index contributed by atoms with van der Waals surface area (Å²) in [5.74, 6) is -0.0541. The van der Waals surface area contributed by atoms with Gasteiger partial charge in [0.25, 0.3) is 5.91 Å². The van der Waals surface area contributed by atoms with Crippen LogP contribution < -0.4 is 4.31 Å². The highest BCUT2D eigenvalue weighted by Crippen LogP contribution is 2.25. The molecule has 1 aromatic carbocycles. The minimum Gasteiger partial charge on any atom is -0.395 e. The van der Waals surface area contributed by atoms with Crippen LogP contribution in [0.3, 0.4) is 0 Å². The molecule has 21 heavy (non-hydrogen) atoms. The van der Waals surface area contributed by atoms with Crippen molar-refractivity contribution in [3.63, 3.8) is 0 Å². The first-order valence-electron chi connectivity index (χ1n) is 7.00. The highest BCUT2D eigenvalue weighted by Gasteiger charge is 2.28. The zero-order valence-corrected chi connectivity index (χ0v) is 12.8. The quantitative estimate of drug-likeness (QED) is 0.867. The number of amides is 1. The molecule has 0 aliphatic carbocycles. The van der Waals surface area contributed by atoms with Gasteiger partial charge in [-0.3, -0.25) is 9.10 Å². The van der Waals surface area contributed by atoms with Gasteiger partial charge in [0.05, 0.1) is 18.0 Å². The summed E-state index contributed by atoms with van der Waals surface area (Å²) < 4.78 is 25.2. The molecule has 0 radical (unpaired) electrons. The maximum absolute atomic E-state index is 12.3. The third-order valence-corrected chi connectivity index (χ3v) is 5.39. The van der Waals surface area contributed by atoms with E-state index in [4.69, 9.17) is 5.11 Å². The number of aliphatic hydroxyl groups is 1. The molecule has 0 unspecified atom stereocenters. The SMILES string of the molecule is CCN(CCO)C(=O)c1cccc(N2CCCS2(=O)=O)c1. The number of hydrogen-bond acceptors (Lipinski definition) is 4. The molecule has 0 spiro atoms. The molecule has 1 aliphatic rings. The van der Waals surface area contributed by atoms with Gasteiger partial charge >= 0.3 is 0 Å². The second-order valence-corrected chi connectivity index (χ2v) is 6.91. The number of hydrogen-bond donors (Lipinski definition) is 1. The van der Waals surface area contributed by atoms with Gasteiger partial charge in [0, 0.05) is 25.2 Å². The first kappa shape index (κ1) is 15.8. The van der Waals surface area contributed by atoms with Crippen LogP contribution in [-0.2, 0) is 10.0 Å². The van der Waals surface area contributed by atoms with E-state index in [1.54, 1.807) is 24.3 Å². The first-order valence-corrected chi connectivity index (χ1v) is 8.61. The lowest BCUT2D eigenvalue weighted by Crippen LogP contribution is -2.33. The molecule has 1 fully saturated rings. The highest BCUT2D eigenvalue weighted by atomic mass is 32.2. The number of rotatable bonds is 5. The van der Waals surface area contributed by atoms with Crippen molar-refractivity contribution in [1.29, 1.82) is 0 Å². The van der Waals surface area contributed by atoms with Crippen molar-refractivity contribution in [3.8, 4) is 0 Å². The number of nitrogens with zero attached hydrogens (tertiary/aromatic N) is 2. The molecule has 0 aromatic heterocycles. The van der Waals surface area contributed by atoms with Gasteiger partial charge in [0.1, 0.15) is 0 Å². The Hall–Kier alpha value is -1.60. The van der Waals surface area contributed by atoms with Gasteiger partial charge in [-0.1, -0.05) is 6.07 Å². The largest absolute Gasteiger partial charge is 0.395 e. The molecule has 1 amide bonds. The first-order chi connectivity index (χ1) is 9.99. The Kier molecular flexibility index (Phi) is 4.84. The van der Waals surface area contributed by atoms with Crippen molar-refractivity contribution in [2.24, 2.45) is 0 Å². The number of carbonyl (C=O) groups excluding carboxylic acids is 1. The maximum atomic E-state index is 12.3. The smallest absolute Gasteiger partial charge is 0.253 e. The van der Waals surface area contributed by atoms with Crippen LogP contribution in [0.25, 0.3) is 0 Å². The topological polar surface area (TPSA) is 77.9 Å². The molecule has 2 rings (SSSR count). The van der Waals surface area contributed by atoms with E-state index in [-0.39, 0.29) is 24.8 Å². The molecule has 0 atom stereocenters. The van der Waals surface area contributed by atoms with E-state index in [2.05, 4.69) is 0 Å². The minimum atomic E-state index is -3.25. The van der Waals surface area contributed by atoms with Crippen LogP contribution in [0.4, 0.5) is 5.69 Å². The van der Waals surface area contributed by atoms with E-state index >= 15 is 0 Å². The lowest BCUT2D eigenvalue weighted by molar-refractivity contribution is 0.0732. The summed E-state index contributed by atoms with van der Waals surface area (Å²) in [4.78, 5) is 13.9. The zero-order chi connectivity index (χ0) is 15.5. The van der Waals surface area contributed by atoms with Crippen molar-refractivity contribution in [2.75, 3.05) is 36.3 Å². The molecule has 1 aromatic rings. The maximum Gasteiger partial charge on any atom is 0.253 e. The van der Waals surface area contributed by atoms with Crippen molar-refractivity contribution >= 4 is 21.6 Å². The number of likely N-dealkylation sites (N-methyl/N-ethyl adjacent to an activating group) is 1. The standard InChI is InChI=1S/C14H20N2O4S/c1-2-15(8-9-17)14(18)12-5-3-6-13(11-12)16-7-4-10-21(16,19)20/h3,5-6,11,17H,2,4,7-10H2,1H3. The summed E-state index contributed by atoms with van der Waals surface area (Å²) in [6.07, 6.45) is 0.603. The molecule has 1 N–H and O–H groups in total. The molecule has 0 saturated carbocycles. The second kappa shape index (κ2) is 6.44. The van der Waals surface area contributed by atoms with E-state index < -0.39 is 10.0 Å². The summed E-state index contributed by atoms with van der Waals surface area (Å²) in [5, 5.41) is 8.98. The van der Waals surface area contributed by atoms with Crippen LogP contribution in [0.2, 0.25) is 0 Å². The molecular weight excluding hydrogens is 292 g/mol. The second-order valence-electron chi connectivity index (χ2n) is 4.90. The molecule has 6 nitrogen and oxygen atoms in total. The molecular formula is C14H20N2O4S. The molecule has 116 valence electrons. The average molecular weight is 312 g/mol. The summed E-state index contributed by atoms with van der Waals surface area (Å²) in [7, 11) is -3.25. The molecule has 1 aliphatic heterocycles. The Morgan fingerprint density at radius 1 is 1.43 bits per heavy atom. The minimum absolute atomic E-state index is 0.0974. The van der Waals surface area contributed by atoms with Gasteiger partial charge in [-0.25, -0.2) is 8.42 Å². The number of aliphatic hydroxyl groups excluding tert-OH is 1. The van der Waals surface area contributed by atoms with Gasteiger partial charge in [-0.15, -0.1) is 0 Å². The number of sulfonamides is 1. The fourth-order valence-electron chi connectivity index (χ4n) is 2.43. The van der Waals surface area contributed by atoms with Gasteiger partial charge in [-0.05, 0) is 31.5 Å². The lowest BCUT2D eigenvalue weighted by Gasteiger charge is -2.21. The Balaban J connectivity index is 2.27. The lowest BCUT2D eigenvalue weighted by atomic mass is 10.1. The van der Waals surface area contributed by atoms with Crippen LogP contribution in [-0.4, -0.2) is 56.3 Å².